The number of hydrogen-bond donors (Lipinski definition) is 1. The molecule has 4 nitrogen and oxygen atoms in total. The second-order valence-electron chi connectivity index (χ2n) is 4.24. The number of nitrogens with zero attached hydrogens (tertiary/aromatic N) is 1. The molecule has 0 atom stereocenters. The van der Waals surface area contributed by atoms with E-state index in [4.69, 9.17) is 10.5 Å². The molecular formula is C9H16N2O2. The van der Waals surface area contributed by atoms with Gasteiger partial charge < -0.3 is 15.4 Å². The van der Waals surface area contributed by atoms with Crippen LogP contribution in [0.1, 0.15) is 12.8 Å². The van der Waals surface area contributed by atoms with Crippen LogP contribution in [0.15, 0.2) is 0 Å². The second kappa shape index (κ2) is 3.27. The van der Waals surface area contributed by atoms with Crippen LogP contribution in [0.25, 0.3) is 0 Å². The number of rotatable bonds is 3. The first-order valence-corrected chi connectivity index (χ1v) is 4.79. The SMILES string of the molecule is NC(=O)CCN1CCC2(COC2)C1. The highest BCUT2D eigenvalue weighted by molar-refractivity contribution is 5.73. The lowest BCUT2D eigenvalue weighted by Gasteiger charge is -2.37. The van der Waals surface area contributed by atoms with E-state index in [9.17, 15) is 4.79 Å². The van der Waals surface area contributed by atoms with Gasteiger partial charge in [-0.25, -0.2) is 0 Å². The molecule has 0 bridgehead atoms. The first-order valence-electron chi connectivity index (χ1n) is 4.79. The largest absolute Gasteiger partial charge is 0.380 e. The number of primary amides is 1. The standard InChI is InChI=1S/C9H16N2O2/c10-8(12)1-3-11-4-2-9(5-11)6-13-7-9/h1-7H2,(H2,10,12). The van der Waals surface area contributed by atoms with Gasteiger partial charge in [0, 0.05) is 24.9 Å². The minimum atomic E-state index is -0.203. The molecular weight excluding hydrogens is 168 g/mol. The Hall–Kier alpha value is -0.610. The van der Waals surface area contributed by atoms with Gasteiger partial charge in [-0.15, -0.1) is 0 Å². The minimum absolute atomic E-state index is 0.203. The normalized spacial score (nSPS) is 26.2. The predicted molar refractivity (Wildman–Crippen MR) is 48.1 cm³/mol. The highest BCUT2D eigenvalue weighted by Gasteiger charge is 2.43. The summed E-state index contributed by atoms with van der Waals surface area (Å²) in [5.41, 5.74) is 5.52. The summed E-state index contributed by atoms with van der Waals surface area (Å²) in [4.78, 5) is 12.9. The Kier molecular flexibility index (Phi) is 2.26. The van der Waals surface area contributed by atoms with Gasteiger partial charge in [-0.1, -0.05) is 0 Å². The van der Waals surface area contributed by atoms with Crippen LogP contribution in [0.2, 0.25) is 0 Å². The van der Waals surface area contributed by atoms with Crippen LogP contribution in [0.5, 0.6) is 0 Å². The number of hydrogen-bond acceptors (Lipinski definition) is 3. The van der Waals surface area contributed by atoms with Crippen molar-refractivity contribution in [3.05, 3.63) is 0 Å². The Labute approximate surface area is 78.0 Å². The lowest BCUT2D eigenvalue weighted by Crippen LogP contribution is -2.44. The third kappa shape index (κ3) is 1.84. The molecule has 4 heteroatoms. The molecule has 13 heavy (non-hydrogen) atoms. The maximum absolute atomic E-state index is 10.6. The second-order valence-corrected chi connectivity index (χ2v) is 4.24. The maximum Gasteiger partial charge on any atom is 0.218 e. The van der Waals surface area contributed by atoms with Gasteiger partial charge in [0.15, 0.2) is 0 Å². The molecule has 1 spiro atoms. The zero-order chi connectivity index (χ0) is 9.31. The van der Waals surface area contributed by atoms with Crippen LogP contribution in [0.3, 0.4) is 0 Å². The zero-order valence-corrected chi connectivity index (χ0v) is 7.79. The summed E-state index contributed by atoms with van der Waals surface area (Å²) in [6.45, 7) is 4.80. The van der Waals surface area contributed by atoms with Crippen molar-refractivity contribution >= 4 is 5.91 Å². The van der Waals surface area contributed by atoms with Crippen LogP contribution in [0, 0.1) is 5.41 Å². The number of carbonyl (C=O) groups excluding carboxylic acids is 1. The summed E-state index contributed by atoms with van der Waals surface area (Å²) in [6, 6.07) is 0. The van der Waals surface area contributed by atoms with E-state index >= 15 is 0 Å². The van der Waals surface area contributed by atoms with Gasteiger partial charge in [-0.05, 0) is 13.0 Å². The zero-order valence-electron chi connectivity index (χ0n) is 7.79. The van der Waals surface area contributed by atoms with Gasteiger partial charge in [0.2, 0.25) is 5.91 Å². The minimum Gasteiger partial charge on any atom is -0.380 e. The fourth-order valence-electron chi connectivity index (χ4n) is 2.11. The molecule has 2 heterocycles. The highest BCUT2D eigenvalue weighted by atomic mass is 16.5. The lowest BCUT2D eigenvalue weighted by molar-refractivity contribution is -0.118. The number of ether oxygens (including phenoxy) is 1. The topological polar surface area (TPSA) is 55.6 Å². The molecule has 2 fully saturated rings. The van der Waals surface area contributed by atoms with Crippen LogP contribution < -0.4 is 5.73 Å². The molecule has 0 aromatic rings. The van der Waals surface area contributed by atoms with Gasteiger partial charge >= 0.3 is 0 Å². The summed E-state index contributed by atoms with van der Waals surface area (Å²) in [7, 11) is 0. The lowest BCUT2D eigenvalue weighted by atomic mass is 9.85. The van der Waals surface area contributed by atoms with Crippen molar-refractivity contribution < 1.29 is 9.53 Å². The van der Waals surface area contributed by atoms with Crippen molar-refractivity contribution in [3.8, 4) is 0 Å². The molecule has 0 aromatic heterocycles. The summed E-state index contributed by atoms with van der Waals surface area (Å²) >= 11 is 0. The number of carbonyl (C=O) groups is 1. The molecule has 2 aliphatic heterocycles. The average molecular weight is 184 g/mol. The monoisotopic (exact) mass is 184 g/mol. The number of nitrogens with two attached hydrogens (primary N) is 1. The molecule has 0 unspecified atom stereocenters. The molecule has 2 N–H and O–H groups in total. The predicted octanol–water partition coefficient (Wildman–Crippen LogP) is -0.416. The van der Waals surface area contributed by atoms with Gasteiger partial charge in [0.25, 0.3) is 0 Å². The third-order valence-electron chi connectivity index (χ3n) is 3.01. The average Bonchev–Trinajstić information content (AvgIpc) is 2.43. The van der Waals surface area contributed by atoms with Crippen LogP contribution in [-0.2, 0) is 9.53 Å². The molecule has 0 radical (unpaired) electrons. The fraction of sp³-hybridized carbons (Fsp3) is 0.889. The van der Waals surface area contributed by atoms with E-state index in [0.29, 0.717) is 11.8 Å². The Bertz CT molecular complexity index is 214. The number of likely N-dealkylation sites (tertiary alicyclic amines) is 1. The van der Waals surface area contributed by atoms with Crippen molar-refractivity contribution in [2.75, 3.05) is 32.8 Å². The molecule has 0 saturated carbocycles. The van der Waals surface area contributed by atoms with Crippen LogP contribution >= 0.6 is 0 Å². The Morgan fingerprint density at radius 2 is 2.31 bits per heavy atom. The van der Waals surface area contributed by atoms with Gasteiger partial charge in [-0.2, -0.15) is 0 Å². The Morgan fingerprint density at radius 1 is 1.54 bits per heavy atom. The molecule has 0 aliphatic carbocycles. The highest BCUT2D eigenvalue weighted by Crippen LogP contribution is 2.37. The fourth-order valence-corrected chi connectivity index (χ4v) is 2.11. The Balaban J connectivity index is 1.75. The third-order valence-corrected chi connectivity index (χ3v) is 3.01. The van der Waals surface area contributed by atoms with Gasteiger partial charge in [-0.3, -0.25) is 4.79 Å². The first kappa shape index (κ1) is 8.97. The molecule has 0 aromatic carbocycles. The van der Waals surface area contributed by atoms with E-state index in [1.165, 1.54) is 6.42 Å². The first-order chi connectivity index (χ1) is 6.20. The Morgan fingerprint density at radius 3 is 2.77 bits per heavy atom. The molecule has 2 rings (SSSR count). The maximum atomic E-state index is 10.6. The summed E-state index contributed by atoms with van der Waals surface area (Å²) in [5, 5.41) is 0. The van der Waals surface area contributed by atoms with Gasteiger partial charge in [0.05, 0.1) is 13.2 Å². The van der Waals surface area contributed by atoms with E-state index < -0.39 is 0 Å². The van der Waals surface area contributed by atoms with E-state index in [1.807, 2.05) is 0 Å². The smallest absolute Gasteiger partial charge is 0.218 e. The van der Waals surface area contributed by atoms with Crippen LogP contribution in [0.4, 0.5) is 0 Å². The van der Waals surface area contributed by atoms with E-state index in [-0.39, 0.29) is 5.91 Å². The molecule has 2 aliphatic rings. The quantitative estimate of drug-likeness (QED) is 0.648. The summed E-state index contributed by atoms with van der Waals surface area (Å²) in [5.74, 6) is -0.203. The van der Waals surface area contributed by atoms with Crippen molar-refractivity contribution in [1.82, 2.24) is 4.90 Å². The summed E-state index contributed by atoms with van der Waals surface area (Å²) in [6.07, 6.45) is 1.70. The van der Waals surface area contributed by atoms with Gasteiger partial charge in [0.1, 0.15) is 0 Å². The van der Waals surface area contributed by atoms with Crippen molar-refractivity contribution in [2.45, 2.75) is 12.8 Å². The molecule has 1 amide bonds. The van der Waals surface area contributed by atoms with Crippen molar-refractivity contribution in [3.63, 3.8) is 0 Å². The summed E-state index contributed by atoms with van der Waals surface area (Å²) < 4.78 is 5.22. The van der Waals surface area contributed by atoms with E-state index in [2.05, 4.69) is 4.90 Å². The molecule has 74 valence electrons. The van der Waals surface area contributed by atoms with E-state index in [1.54, 1.807) is 0 Å². The van der Waals surface area contributed by atoms with Crippen LogP contribution in [-0.4, -0.2) is 43.7 Å². The molecule has 2 saturated heterocycles. The van der Waals surface area contributed by atoms with Crippen molar-refractivity contribution in [2.24, 2.45) is 11.1 Å². The van der Waals surface area contributed by atoms with Crippen molar-refractivity contribution in [1.29, 1.82) is 0 Å². The number of amides is 1. The van der Waals surface area contributed by atoms with E-state index in [0.717, 1.165) is 32.8 Å².